The molecule has 1 aliphatic heterocycles. The van der Waals surface area contributed by atoms with E-state index in [0.717, 1.165) is 25.7 Å². The summed E-state index contributed by atoms with van der Waals surface area (Å²) >= 11 is 0. The molecule has 0 aromatic carbocycles. The van der Waals surface area contributed by atoms with Crippen LogP contribution in [-0.4, -0.2) is 35.3 Å². The molecule has 0 spiro atoms. The molecule has 0 aromatic rings. The van der Waals surface area contributed by atoms with E-state index >= 15 is 0 Å². The Morgan fingerprint density at radius 1 is 1.13 bits per heavy atom. The third-order valence-corrected chi connectivity index (χ3v) is 3.86. The molecular formula is C15H21NO7. The smallest absolute Gasteiger partial charge is 0.425 e. The fourth-order valence-electron chi connectivity index (χ4n) is 2.63. The van der Waals surface area contributed by atoms with E-state index in [0.29, 0.717) is 17.9 Å². The summed E-state index contributed by atoms with van der Waals surface area (Å²) in [7, 11) is 0. The van der Waals surface area contributed by atoms with Crippen LogP contribution in [0.1, 0.15) is 58.3 Å². The second-order valence-electron chi connectivity index (χ2n) is 5.68. The van der Waals surface area contributed by atoms with Crippen molar-refractivity contribution in [3.8, 4) is 0 Å². The fourth-order valence-corrected chi connectivity index (χ4v) is 2.63. The van der Waals surface area contributed by atoms with Gasteiger partial charge in [0.2, 0.25) is 0 Å². The van der Waals surface area contributed by atoms with Crippen molar-refractivity contribution < 1.29 is 33.5 Å². The molecule has 0 bridgehead atoms. The van der Waals surface area contributed by atoms with Crippen LogP contribution in [0.5, 0.6) is 0 Å². The van der Waals surface area contributed by atoms with Gasteiger partial charge in [-0.15, -0.1) is 0 Å². The van der Waals surface area contributed by atoms with Gasteiger partial charge in [-0.2, -0.15) is 0 Å². The van der Waals surface area contributed by atoms with E-state index in [9.17, 15) is 19.2 Å². The van der Waals surface area contributed by atoms with Crippen molar-refractivity contribution in [2.45, 2.75) is 64.6 Å². The third-order valence-electron chi connectivity index (χ3n) is 3.86. The van der Waals surface area contributed by atoms with Crippen LogP contribution in [-0.2, 0) is 28.7 Å². The number of amides is 2. The van der Waals surface area contributed by atoms with Gasteiger partial charge in [0.15, 0.2) is 0 Å². The van der Waals surface area contributed by atoms with Gasteiger partial charge in [0.25, 0.3) is 18.1 Å². The molecule has 1 saturated carbocycles. The van der Waals surface area contributed by atoms with E-state index in [1.807, 2.05) is 6.92 Å². The van der Waals surface area contributed by atoms with Crippen molar-refractivity contribution >= 4 is 23.9 Å². The van der Waals surface area contributed by atoms with E-state index < -0.39 is 24.3 Å². The second-order valence-corrected chi connectivity index (χ2v) is 5.68. The number of hydrogen-bond acceptors (Lipinski definition) is 7. The average Bonchev–Trinajstić information content (AvgIpc) is 3.13. The number of ether oxygens (including phenoxy) is 2. The van der Waals surface area contributed by atoms with Crippen LogP contribution in [0, 0.1) is 5.92 Å². The number of carbonyl (C=O) groups is 4. The van der Waals surface area contributed by atoms with Crippen LogP contribution in [0.2, 0.25) is 0 Å². The van der Waals surface area contributed by atoms with Crippen LogP contribution in [0.15, 0.2) is 0 Å². The van der Waals surface area contributed by atoms with Gasteiger partial charge >= 0.3 is 12.1 Å². The first-order chi connectivity index (χ1) is 11.0. The maximum Gasteiger partial charge on any atom is 0.537 e. The molecule has 0 aromatic heterocycles. The van der Waals surface area contributed by atoms with E-state index in [1.54, 1.807) is 0 Å². The normalized spacial score (nSPS) is 19.8. The van der Waals surface area contributed by atoms with Crippen molar-refractivity contribution in [2.75, 3.05) is 0 Å². The summed E-state index contributed by atoms with van der Waals surface area (Å²) in [4.78, 5) is 51.0. The molecule has 1 unspecified atom stereocenters. The van der Waals surface area contributed by atoms with Crippen LogP contribution in [0.25, 0.3) is 0 Å². The first kappa shape index (κ1) is 17.2. The topological polar surface area (TPSA) is 99.2 Å². The standard InChI is InChI=1S/C15H21NO7/c1-2-5-13(21-14(19)10-6-3-4-7-10)22-15(20)23-16-11(17)8-9-12(16)18/h10,13H,2-9H2,1H3. The van der Waals surface area contributed by atoms with Gasteiger partial charge in [0.1, 0.15) is 0 Å². The van der Waals surface area contributed by atoms with Gasteiger partial charge in [0, 0.05) is 19.3 Å². The maximum atomic E-state index is 12.0. The first-order valence-electron chi connectivity index (χ1n) is 7.96. The molecule has 1 heterocycles. The summed E-state index contributed by atoms with van der Waals surface area (Å²) in [6, 6.07) is 0. The number of hydroxylamine groups is 2. The zero-order valence-corrected chi connectivity index (χ0v) is 13.1. The third kappa shape index (κ3) is 4.67. The molecule has 2 fully saturated rings. The highest BCUT2D eigenvalue weighted by Crippen LogP contribution is 2.26. The molecular weight excluding hydrogens is 306 g/mol. The summed E-state index contributed by atoms with van der Waals surface area (Å²) in [5.41, 5.74) is 0. The molecule has 2 amide bonds. The quantitative estimate of drug-likeness (QED) is 0.418. The minimum absolute atomic E-state index is 0.00116. The Balaban J connectivity index is 1.85. The Hall–Kier alpha value is -2.12. The maximum absolute atomic E-state index is 12.0. The van der Waals surface area contributed by atoms with Crippen molar-refractivity contribution in [3.05, 3.63) is 0 Å². The predicted molar refractivity (Wildman–Crippen MR) is 75.4 cm³/mol. The van der Waals surface area contributed by atoms with Crippen LogP contribution < -0.4 is 0 Å². The fraction of sp³-hybridized carbons (Fsp3) is 0.733. The average molecular weight is 327 g/mol. The van der Waals surface area contributed by atoms with Gasteiger partial charge in [-0.1, -0.05) is 24.8 Å². The minimum atomic E-state index is -1.23. The lowest BCUT2D eigenvalue weighted by molar-refractivity contribution is -0.196. The predicted octanol–water partition coefficient (Wildman–Crippen LogP) is 2.06. The Bertz CT molecular complexity index is 468. The van der Waals surface area contributed by atoms with Gasteiger partial charge in [-0.3, -0.25) is 19.2 Å². The van der Waals surface area contributed by atoms with E-state index in [-0.39, 0.29) is 24.7 Å². The Kier molecular flexibility index (Phi) is 5.95. The molecule has 128 valence electrons. The van der Waals surface area contributed by atoms with Crippen molar-refractivity contribution in [1.29, 1.82) is 0 Å². The highest BCUT2D eigenvalue weighted by atomic mass is 16.9. The molecule has 1 saturated heterocycles. The van der Waals surface area contributed by atoms with Gasteiger partial charge in [-0.05, 0) is 19.3 Å². The zero-order valence-electron chi connectivity index (χ0n) is 13.1. The lowest BCUT2D eigenvalue weighted by atomic mass is 10.1. The van der Waals surface area contributed by atoms with Gasteiger partial charge in [-0.25, -0.2) is 4.79 Å². The summed E-state index contributed by atoms with van der Waals surface area (Å²) in [5, 5.41) is 0.393. The number of carbonyl (C=O) groups excluding carboxylic acids is 4. The summed E-state index contributed by atoms with van der Waals surface area (Å²) in [5.74, 6) is -1.73. The molecule has 1 aliphatic carbocycles. The van der Waals surface area contributed by atoms with Crippen LogP contribution in [0.4, 0.5) is 4.79 Å². The summed E-state index contributed by atoms with van der Waals surface area (Å²) < 4.78 is 10.1. The highest BCUT2D eigenvalue weighted by molar-refractivity contribution is 6.01. The largest absolute Gasteiger partial charge is 0.537 e. The molecule has 8 nitrogen and oxygen atoms in total. The van der Waals surface area contributed by atoms with Crippen molar-refractivity contribution in [2.24, 2.45) is 5.92 Å². The second kappa shape index (κ2) is 7.94. The Morgan fingerprint density at radius 2 is 1.74 bits per heavy atom. The Morgan fingerprint density at radius 3 is 2.30 bits per heavy atom. The summed E-state index contributed by atoms with van der Waals surface area (Å²) in [6.07, 6.45) is 2.16. The molecule has 0 N–H and O–H groups in total. The molecule has 8 heteroatoms. The van der Waals surface area contributed by atoms with Crippen molar-refractivity contribution in [3.63, 3.8) is 0 Å². The van der Waals surface area contributed by atoms with E-state index in [2.05, 4.69) is 4.84 Å². The lowest BCUT2D eigenvalue weighted by Crippen LogP contribution is -2.35. The van der Waals surface area contributed by atoms with E-state index in [4.69, 9.17) is 9.47 Å². The van der Waals surface area contributed by atoms with Crippen LogP contribution >= 0.6 is 0 Å². The van der Waals surface area contributed by atoms with Crippen molar-refractivity contribution in [1.82, 2.24) is 5.06 Å². The zero-order chi connectivity index (χ0) is 16.8. The first-order valence-corrected chi connectivity index (χ1v) is 7.96. The monoisotopic (exact) mass is 327 g/mol. The number of hydrogen-bond donors (Lipinski definition) is 0. The SMILES string of the molecule is CCCC(OC(=O)ON1C(=O)CCC1=O)OC(=O)C1CCCC1. The Labute approximate surface area is 134 Å². The van der Waals surface area contributed by atoms with Crippen LogP contribution in [0.3, 0.4) is 0 Å². The number of rotatable bonds is 6. The highest BCUT2D eigenvalue weighted by Gasteiger charge is 2.34. The van der Waals surface area contributed by atoms with E-state index in [1.165, 1.54) is 0 Å². The number of esters is 1. The molecule has 0 radical (unpaired) electrons. The minimum Gasteiger partial charge on any atom is -0.425 e. The molecule has 2 aliphatic rings. The lowest BCUT2D eigenvalue weighted by Gasteiger charge is -2.20. The number of nitrogens with zero attached hydrogens (tertiary/aromatic N) is 1. The number of imide groups is 1. The molecule has 23 heavy (non-hydrogen) atoms. The summed E-state index contributed by atoms with van der Waals surface area (Å²) in [6.45, 7) is 1.85. The molecule has 2 rings (SSSR count). The van der Waals surface area contributed by atoms with Gasteiger partial charge < -0.3 is 9.47 Å². The molecule has 1 atom stereocenters. The van der Waals surface area contributed by atoms with Gasteiger partial charge in [0.05, 0.1) is 5.92 Å².